The van der Waals surface area contributed by atoms with Crippen LogP contribution in [0.4, 0.5) is 5.69 Å². The molecule has 0 aliphatic rings. The molecule has 0 N–H and O–H groups in total. The van der Waals surface area contributed by atoms with Crippen LogP contribution < -0.4 is 4.31 Å². The first-order valence-corrected chi connectivity index (χ1v) is 7.38. The quantitative estimate of drug-likeness (QED) is 0.455. The average molecular weight is 275 g/mol. The summed E-state index contributed by atoms with van der Waals surface area (Å²) in [5.74, 6) is 0. The lowest BCUT2D eigenvalue weighted by molar-refractivity contribution is 0.595. The van der Waals surface area contributed by atoms with Gasteiger partial charge in [-0.2, -0.15) is 0 Å². The number of rotatable bonds is 6. The average Bonchev–Trinajstić information content (AvgIpc) is 2.24. The molecule has 0 bridgehead atoms. The summed E-state index contributed by atoms with van der Waals surface area (Å²) in [6.45, 7) is 3.97. The SMILES string of the molecule is C=CCCCN(c1cccnc1Cl)S(C)(=O)=O. The molecule has 0 atom stereocenters. The van der Waals surface area contributed by atoms with Crippen LogP contribution in [0.15, 0.2) is 31.0 Å². The second-order valence-electron chi connectivity index (χ2n) is 3.58. The number of allylic oxidation sites excluding steroid dienone is 1. The molecule has 1 aromatic heterocycles. The lowest BCUT2D eigenvalue weighted by Gasteiger charge is -2.22. The first-order valence-electron chi connectivity index (χ1n) is 5.16. The first-order chi connectivity index (χ1) is 7.96. The van der Waals surface area contributed by atoms with Crippen molar-refractivity contribution in [3.05, 3.63) is 36.1 Å². The molecule has 0 aromatic carbocycles. The van der Waals surface area contributed by atoms with Gasteiger partial charge in [0.05, 0.1) is 11.9 Å². The highest BCUT2D eigenvalue weighted by atomic mass is 35.5. The summed E-state index contributed by atoms with van der Waals surface area (Å²) in [4.78, 5) is 3.88. The molecule has 1 rings (SSSR count). The third-order valence-corrected chi connectivity index (χ3v) is 3.65. The van der Waals surface area contributed by atoms with Gasteiger partial charge in [0, 0.05) is 12.7 Å². The maximum Gasteiger partial charge on any atom is 0.232 e. The van der Waals surface area contributed by atoms with Crippen LogP contribution in [-0.2, 0) is 10.0 Å². The Morgan fingerprint density at radius 2 is 2.29 bits per heavy atom. The number of unbranched alkanes of at least 4 members (excludes halogenated alkanes) is 1. The van der Waals surface area contributed by atoms with Crippen LogP contribution >= 0.6 is 11.6 Å². The fourth-order valence-electron chi connectivity index (χ4n) is 1.41. The Morgan fingerprint density at radius 1 is 1.59 bits per heavy atom. The van der Waals surface area contributed by atoms with Gasteiger partial charge in [-0.3, -0.25) is 4.31 Å². The topological polar surface area (TPSA) is 50.3 Å². The number of anilines is 1. The largest absolute Gasteiger partial charge is 0.267 e. The van der Waals surface area contributed by atoms with E-state index in [0.29, 0.717) is 18.7 Å². The van der Waals surface area contributed by atoms with Gasteiger partial charge in [-0.1, -0.05) is 17.7 Å². The van der Waals surface area contributed by atoms with E-state index >= 15 is 0 Å². The van der Waals surface area contributed by atoms with E-state index in [1.165, 1.54) is 10.5 Å². The Hall–Kier alpha value is -1.07. The van der Waals surface area contributed by atoms with Crippen LogP contribution in [0, 0.1) is 0 Å². The van der Waals surface area contributed by atoms with Crippen molar-refractivity contribution in [3.8, 4) is 0 Å². The molecule has 0 aliphatic carbocycles. The van der Waals surface area contributed by atoms with Crippen molar-refractivity contribution in [2.24, 2.45) is 0 Å². The molecule has 6 heteroatoms. The highest BCUT2D eigenvalue weighted by Crippen LogP contribution is 2.25. The molecule has 0 radical (unpaired) electrons. The van der Waals surface area contributed by atoms with Crippen molar-refractivity contribution in [1.82, 2.24) is 4.98 Å². The monoisotopic (exact) mass is 274 g/mol. The number of sulfonamides is 1. The van der Waals surface area contributed by atoms with Gasteiger partial charge in [-0.25, -0.2) is 13.4 Å². The van der Waals surface area contributed by atoms with Crippen molar-refractivity contribution < 1.29 is 8.42 Å². The summed E-state index contributed by atoms with van der Waals surface area (Å²) in [7, 11) is -3.35. The van der Waals surface area contributed by atoms with E-state index in [1.807, 2.05) is 0 Å². The lowest BCUT2D eigenvalue weighted by atomic mass is 10.3. The first kappa shape index (κ1) is 14.0. The van der Waals surface area contributed by atoms with Gasteiger partial charge in [0.15, 0.2) is 5.15 Å². The normalized spacial score (nSPS) is 11.2. The second-order valence-corrected chi connectivity index (χ2v) is 5.84. The third kappa shape index (κ3) is 4.02. The summed E-state index contributed by atoms with van der Waals surface area (Å²) in [6, 6.07) is 3.30. The van der Waals surface area contributed by atoms with E-state index in [1.54, 1.807) is 18.2 Å². The maximum atomic E-state index is 11.7. The highest BCUT2D eigenvalue weighted by molar-refractivity contribution is 7.92. The van der Waals surface area contributed by atoms with Crippen molar-refractivity contribution in [2.75, 3.05) is 17.1 Å². The van der Waals surface area contributed by atoms with E-state index < -0.39 is 10.0 Å². The summed E-state index contributed by atoms with van der Waals surface area (Å²) in [5.41, 5.74) is 0.417. The van der Waals surface area contributed by atoms with Gasteiger partial charge in [-0.15, -0.1) is 6.58 Å². The number of hydrogen-bond acceptors (Lipinski definition) is 3. The Kier molecular flexibility index (Phi) is 4.96. The summed E-state index contributed by atoms with van der Waals surface area (Å²) in [5, 5.41) is 0.191. The molecule has 17 heavy (non-hydrogen) atoms. The Labute approximate surface area is 107 Å². The number of nitrogens with zero attached hydrogens (tertiary/aromatic N) is 2. The lowest BCUT2D eigenvalue weighted by Crippen LogP contribution is -2.31. The van der Waals surface area contributed by atoms with E-state index in [0.717, 1.165) is 12.7 Å². The molecule has 0 saturated carbocycles. The molecule has 1 aromatic rings. The molecule has 4 nitrogen and oxygen atoms in total. The summed E-state index contributed by atoms with van der Waals surface area (Å²) < 4.78 is 24.7. The van der Waals surface area contributed by atoms with E-state index in [-0.39, 0.29) is 5.15 Å². The van der Waals surface area contributed by atoms with E-state index in [9.17, 15) is 8.42 Å². The fraction of sp³-hybridized carbons (Fsp3) is 0.364. The molecule has 0 saturated heterocycles. The molecule has 0 unspecified atom stereocenters. The zero-order valence-electron chi connectivity index (χ0n) is 9.63. The van der Waals surface area contributed by atoms with Crippen LogP contribution in [0.2, 0.25) is 5.15 Å². The Morgan fingerprint density at radius 3 is 2.82 bits per heavy atom. The number of halogens is 1. The summed E-state index contributed by atoms with van der Waals surface area (Å²) in [6.07, 6.45) is 5.89. The summed E-state index contributed by atoms with van der Waals surface area (Å²) >= 11 is 5.90. The minimum absolute atomic E-state index is 0.191. The van der Waals surface area contributed by atoms with Gasteiger partial charge in [-0.05, 0) is 25.0 Å². The van der Waals surface area contributed by atoms with Gasteiger partial charge in [0.2, 0.25) is 10.0 Å². The molecule has 94 valence electrons. The van der Waals surface area contributed by atoms with E-state index in [4.69, 9.17) is 11.6 Å². The molecule has 0 fully saturated rings. The second kappa shape index (κ2) is 6.02. The number of pyridine rings is 1. The molecule has 1 heterocycles. The van der Waals surface area contributed by atoms with Crippen LogP contribution in [0.25, 0.3) is 0 Å². The zero-order chi connectivity index (χ0) is 12.9. The van der Waals surface area contributed by atoms with Crippen LogP contribution in [-0.4, -0.2) is 26.2 Å². The smallest absolute Gasteiger partial charge is 0.232 e. The molecular weight excluding hydrogens is 260 g/mol. The molecule has 0 amide bonds. The van der Waals surface area contributed by atoms with Crippen molar-refractivity contribution >= 4 is 27.3 Å². The number of aromatic nitrogens is 1. The fourth-order valence-corrected chi connectivity index (χ4v) is 2.64. The maximum absolute atomic E-state index is 11.7. The Balaban J connectivity index is 2.99. The van der Waals surface area contributed by atoms with E-state index in [2.05, 4.69) is 11.6 Å². The Bertz CT molecular complexity index is 488. The highest BCUT2D eigenvalue weighted by Gasteiger charge is 2.19. The predicted octanol–water partition coefficient (Wildman–Crippen LogP) is 2.47. The van der Waals surface area contributed by atoms with Crippen LogP contribution in [0.3, 0.4) is 0 Å². The van der Waals surface area contributed by atoms with Gasteiger partial charge in [0.1, 0.15) is 0 Å². The van der Waals surface area contributed by atoms with Crippen molar-refractivity contribution in [2.45, 2.75) is 12.8 Å². The number of hydrogen-bond donors (Lipinski definition) is 0. The molecule has 0 aliphatic heterocycles. The van der Waals surface area contributed by atoms with Crippen molar-refractivity contribution in [3.63, 3.8) is 0 Å². The minimum atomic E-state index is -3.35. The molecule has 0 spiro atoms. The zero-order valence-corrected chi connectivity index (χ0v) is 11.2. The van der Waals surface area contributed by atoms with Gasteiger partial charge >= 0.3 is 0 Å². The van der Waals surface area contributed by atoms with Crippen LogP contribution in [0.5, 0.6) is 0 Å². The third-order valence-electron chi connectivity index (χ3n) is 2.18. The predicted molar refractivity (Wildman–Crippen MR) is 70.9 cm³/mol. The van der Waals surface area contributed by atoms with Gasteiger partial charge in [0.25, 0.3) is 0 Å². The van der Waals surface area contributed by atoms with Crippen LogP contribution in [0.1, 0.15) is 12.8 Å². The van der Waals surface area contributed by atoms with Crippen molar-refractivity contribution in [1.29, 1.82) is 0 Å². The molecular formula is C11H15ClN2O2S. The standard InChI is InChI=1S/C11H15ClN2O2S/c1-3-4-5-9-14(17(2,15)16)10-7-6-8-13-11(10)12/h3,6-8H,1,4-5,9H2,2H3. The van der Waals surface area contributed by atoms with Gasteiger partial charge < -0.3 is 0 Å². The minimum Gasteiger partial charge on any atom is -0.267 e.